The van der Waals surface area contributed by atoms with E-state index in [0.717, 1.165) is 24.9 Å². The molecule has 0 spiro atoms. The monoisotopic (exact) mass is 271 g/mol. The highest BCUT2D eigenvalue weighted by atomic mass is 16.5. The molecule has 20 heavy (non-hydrogen) atoms. The van der Waals surface area contributed by atoms with Gasteiger partial charge in [-0.3, -0.25) is 4.98 Å². The second-order valence-corrected chi connectivity index (χ2v) is 4.67. The zero-order chi connectivity index (χ0) is 14.2. The fraction of sp³-hybridized carbons (Fsp3) is 0.375. The number of rotatable bonds is 7. The van der Waals surface area contributed by atoms with E-state index in [4.69, 9.17) is 4.74 Å². The Kier molecular flexibility index (Phi) is 5.50. The van der Waals surface area contributed by atoms with E-state index in [1.165, 1.54) is 5.56 Å². The van der Waals surface area contributed by atoms with Crippen LogP contribution in [0.15, 0.2) is 42.9 Å². The Balaban J connectivity index is 2.22. The van der Waals surface area contributed by atoms with E-state index in [0.29, 0.717) is 5.88 Å². The highest BCUT2D eigenvalue weighted by Gasteiger charge is 2.16. The first-order chi connectivity index (χ1) is 9.85. The molecule has 4 heteroatoms. The minimum Gasteiger partial charge on any atom is -0.481 e. The minimum absolute atomic E-state index is 0.183. The van der Waals surface area contributed by atoms with Crippen LogP contribution in [0.1, 0.15) is 30.5 Å². The van der Waals surface area contributed by atoms with Gasteiger partial charge in [-0.05, 0) is 37.1 Å². The third-order valence-corrected chi connectivity index (χ3v) is 3.17. The van der Waals surface area contributed by atoms with Gasteiger partial charge in [-0.25, -0.2) is 4.98 Å². The van der Waals surface area contributed by atoms with Crippen LogP contribution >= 0.6 is 0 Å². The van der Waals surface area contributed by atoms with Crippen LogP contribution in [0, 0.1) is 0 Å². The first-order valence-electron chi connectivity index (χ1n) is 6.96. The van der Waals surface area contributed by atoms with Crippen LogP contribution in [0.3, 0.4) is 0 Å². The van der Waals surface area contributed by atoms with Crippen LogP contribution < -0.4 is 10.1 Å². The van der Waals surface area contributed by atoms with Gasteiger partial charge >= 0.3 is 0 Å². The summed E-state index contributed by atoms with van der Waals surface area (Å²) in [6, 6.07) is 8.25. The third-order valence-electron chi connectivity index (χ3n) is 3.17. The van der Waals surface area contributed by atoms with E-state index in [-0.39, 0.29) is 6.04 Å². The number of nitrogens with zero attached hydrogens (tertiary/aromatic N) is 2. The summed E-state index contributed by atoms with van der Waals surface area (Å²) in [4.78, 5) is 8.47. The Morgan fingerprint density at radius 1 is 1.25 bits per heavy atom. The highest BCUT2D eigenvalue weighted by molar-refractivity contribution is 5.30. The van der Waals surface area contributed by atoms with Crippen molar-refractivity contribution in [2.75, 3.05) is 13.7 Å². The Labute approximate surface area is 120 Å². The predicted molar refractivity (Wildman–Crippen MR) is 79.8 cm³/mol. The molecular formula is C16H21N3O. The van der Waals surface area contributed by atoms with E-state index in [2.05, 4.69) is 34.3 Å². The molecule has 1 atom stereocenters. The lowest BCUT2D eigenvalue weighted by Crippen LogP contribution is -2.24. The van der Waals surface area contributed by atoms with Crippen LogP contribution in [0.5, 0.6) is 5.88 Å². The summed E-state index contributed by atoms with van der Waals surface area (Å²) in [5.74, 6) is 0.685. The Morgan fingerprint density at radius 3 is 2.80 bits per heavy atom. The molecule has 1 N–H and O–H groups in total. The van der Waals surface area contributed by atoms with Crippen LogP contribution in [0.25, 0.3) is 0 Å². The molecule has 0 aliphatic heterocycles. The Hall–Kier alpha value is -1.94. The van der Waals surface area contributed by atoms with Gasteiger partial charge in [0, 0.05) is 30.2 Å². The molecular weight excluding hydrogens is 250 g/mol. The smallest absolute Gasteiger partial charge is 0.217 e. The number of ether oxygens (including phenoxy) is 1. The summed E-state index contributed by atoms with van der Waals surface area (Å²) in [5, 5.41) is 3.56. The maximum absolute atomic E-state index is 5.38. The lowest BCUT2D eigenvalue weighted by Gasteiger charge is -2.20. The molecule has 0 radical (unpaired) electrons. The molecule has 0 bridgehead atoms. The average molecular weight is 271 g/mol. The number of hydrogen-bond acceptors (Lipinski definition) is 4. The summed E-state index contributed by atoms with van der Waals surface area (Å²) in [6.07, 6.45) is 7.41. The summed E-state index contributed by atoms with van der Waals surface area (Å²) in [6.45, 7) is 3.12. The third kappa shape index (κ3) is 3.78. The maximum atomic E-state index is 5.38. The van der Waals surface area contributed by atoms with Crippen molar-refractivity contribution in [1.29, 1.82) is 0 Å². The normalized spacial score (nSPS) is 12.1. The van der Waals surface area contributed by atoms with Crippen molar-refractivity contribution < 1.29 is 4.74 Å². The summed E-state index contributed by atoms with van der Waals surface area (Å²) >= 11 is 0. The number of hydrogen-bond donors (Lipinski definition) is 1. The van der Waals surface area contributed by atoms with Gasteiger partial charge in [0.2, 0.25) is 5.88 Å². The molecule has 0 fully saturated rings. The molecule has 0 saturated heterocycles. The van der Waals surface area contributed by atoms with Crippen LogP contribution in [-0.4, -0.2) is 23.6 Å². The fourth-order valence-corrected chi connectivity index (χ4v) is 2.20. The number of nitrogens with one attached hydrogen (secondary N) is 1. The topological polar surface area (TPSA) is 47.0 Å². The maximum Gasteiger partial charge on any atom is 0.217 e. The molecule has 2 aromatic rings. The number of pyridine rings is 2. The van der Waals surface area contributed by atoms with Gasteiger partial charge in [-0.1, -0.05) is 19.1 Å². The molecule has 1 unspecified atom stereocenters. The molecule has 0 aliphatic carbocycles. The minimum atomic E-state index is 0.183. The highest BCUT2D eigenvalue weighted by Crippen LogP contribution is 2.25. The summed E-state index contributed by atoms with van der Waals surface area (Å²) in [5.41, 5.74) is 2.29. The van der Waals surface area contributed by atoms with Gasteiger partial charge in [0.05, 0.1) is 7.11 Å². The van der Waals surface area contributed by atoms with Crippen LogP contribution in [0.4, 0.5) is 0 Å². The first kappa shape index (κ1) is 14.5. The molecule has 2 rings (SSSR count). The van der Waals surface area contributed by atoms with Crippen molar-refractivity contribution in [2.24, 2.45) is 0 Å². The van der Waals surface area contributed by atoms with E-state index >= 15 is 0 Å². The van der Waals surface area contributed by atoms with Gasteiger partial charge in [-0.15, -0.1) is 0 Å². The van der Waals surface area contributed by atoms with Gasteiger partial charge in [0.25, 0.3) is 0 Å². The van der Waals surface area contributed by atoms with Crippen molar-refractivity contribution in [1.82, 2.24) is 15.3 Å². The lowest BCUT2D eigenvalue weighted by molar-refractivity contribution is 0.381. The summed E-state index contributed by atoms with van der Waals surface area (Å²) in [7, 11) is 1.66. The molecule has 2 heterocycles. The second kappa shape index (κ2) is 7.60. The van der Waals surface area contributed by atoms with Crippen molar-refractivity contribution in [3.63, 3.8) is 0 Å². The first-order valence-corrected chi connectivity index (χ1v) is 6.96. The zero-order valence-electron chi connectivity index (χ0n) is 12.0. The average Bonchev–Trinajstić information content (AvgIpc) is 2.52. The molecule has 0 amide bonds. The quantitative estimate of drug-likeness (QED) is 0.841. The Bertz CT molecular complexity index is 516. The van der Waals surface area contributed by atoms with Crippen LogP contribution in [0.2, 0.25) is 0 Å². The zero-order valence-corrected chi connectivity index (χ0v) is 12.0. The number of methoxy groups -OCH3 is 1. The fourth-order valence-electron chi connectivity index (χ4n) is 2.20. The standard InChI is InChI=1S/C16H21N3O/c1-3-8-18-15(11-13-6-4-9-17-12-13)14-7-5-10-19-16(14)20-2/h4-7,9-10,12,15,18H,3,8,11H2,1-2H3. The molecule has 0 aromatic carbocycles. The van der Waals surface area contributed by atoms with Crippen molar-refractivity contribution >= 4 is 0 Å². The largest absolute Gasteiger partial charge is 0.481 e. The van der Waals surface area contributed by atoms with E-state index < -0.39 is 0 Å². The summed E-state index contributed by atoms with van der Waals surface area (Å²) < 4.78 is 5.38. The van der Waals surface area contributed by atoms with E-state index in [9.17, 15) is 0 Å². The van der Waals surface area contributed by atoms with Gasteiger partial charge in [0.15, 0.2) is 0 Å². The second-order valence-electron chi connectivity index (χ2n) is 4.67. The molecule has 0 saturated carbocycles. The van der Waals surface area contributed by atoms with Gasteiger partial charge < -0.3 is 10.1 Å². The van der Waals surface area contributed by atoms with Crippen LogP contribution in [-0.2, 0) is 6.42 Å². The molecule has 0 aliphatic rings. The van der Waals surface area contributed by atoms with Gasteiger partial charge in [-0.2, -0.15) is 0 Å². The van der Waals surface area contributed by atoms with E-state index in [1.54, 1.807) is 19.5 Å². The van der Waals surface area contributed by atoms with E-state index in [1.807, 2.05) is 18.3 Å². The van der Waals surface area contributed by atoms with Crippen molar-refractivity contribution in [3.8, 4) is 5.88 Å². The van der Waals surface area contributed by atoms with Crippen molar-refractivity contribution in [2.45, 2.75) is 25.8 Å². The molecule has 4 nitrogen and oxygen atoms in total. The Morgan fingerprint density at radius 2 is 2.10 bits per heavy atom. The predicted octanol–water partition coefficient (Wildman–Crippen LogP) is 2.77. The molecule has 106 valence electrons. The lowest BCUT2D eigenvalue weighted by atomic mass is 10.0. The SMILES string of the molecule is CCCNC(Cc1cccnc1)c1cccnc1OC. The number of aromatic nitrogens is 2. The molecule has 2 aromatic heterocycles. The van der Waals surface area contributed by atoms with Gasteiger partial charge in [0.1, 0.15) is 0 Å². The van der Waals surface area contributed by atoms with Crippen molar-refractivity contribution in [3.05, 3.63) is 54.0 Å².